The number of rotatable bonds is 8. The van der Waals surface area contributed by atoms with E-state index in [9.17, 15) is 9.59 Å². The highest BCUT2D eigenvalue weighted by Gasteiger charge is 2.30. The lowest BCUT2D eigenvalue weighted by atomic mass is 10.0. The van der Waals surface area contributed by atoms with Crippen molar-refractivity contribution in [3.05, 3.63) is 42.0 Å². The van der Waals surface area contributed by atoms with E-state index in [1.54, 1.807) is 13.0 Å². The van der Waals surface area contributed by atoms with Crippen LogP contribution in [0.4, 0.5) is 5.69 Å². The van der Waals surface area contributed by atoms with E-state index in [4.69, 9.17) is 9.47 Å². The van der Waals surface area contributed by atoms with Crippen molar-refractivity contribution in [2.45, 2.75) is 33.2 Å². The lowest BCUT2D eigenvalue weighted by Gasteiger charge is -2.30. The van der Waals surface area contributed by atoms with Crippen LogP contribution in [-0.2, 0) is 25.5 Å². The second-order valence-electron chi connectivity index (χ2n) is 5.20. The van der Waals surface area contributed by atoms with Crippen LogP contribution in [0.1, 0.15) is 25.0 Å². The number of anilines is 1. The largest absolute Gasteiger partial charge is 0.467 e. The zero-order chi connectivity index (χ0) is 17.4. The number of carbonyl (C=O) groups excluding carboxylic acids is 2. The quantitative estimate of drug-likeness (QED) is 0.420. The number of para-hydroxylation sites is 1. The van der Waals surface area contributed by atoms with Gasteiger partial charge in [-0.15, -0.1) is 6.58 Å². The van der Waals surface area contributed by atoms with Crippen LogP contribution < -0.4 is 4.90 Å². The number of benzene rings is 1. The minimum Gasteiger partial charge on any atom is -0.467 e. The minimum absolute atomic E-state index is 0.120. The number of hydrogen-bond acceptors (Lipinski definition) is 4. The molecule has 0 bridgehead atoms. The Morgan fingerprint density at radius 3 is 2.65 bits per heavy atom. The highest BCUT2D eigenvalue weighted by atomic mass is 16.5. The van der Waals surface area contributed by atoms with Crippen molar-refractivity contribution in [1.82, 2.24) is 0 Å². The Morgan fingerprint density at radius 1 is 1.39 bits per heavy atom. The van der Waals surface area contributed by atoms with Gasteiger partial charge in [-0.3, -0.25) is 9.69 Å². The lowest BCUT2D eigenvalue weighted by Crippen LogP contribution is -2.46. The molecule has 0 spiro atoms. The molecule has 1 atom stereocenters. The van der Waals surface area contributed by atoms with Crippen molar-refractivity contribution in [3.8, 4) is 0 Å². The first-order valence-electron chi connectivity index (χ1n) is 7.64. The van der Waals surface area contributed by atoms with Crippen molar-refractivity contribution in [3.63, 3.8) is 0 Å². The zero-order valence-corrected chi connectivity index (χ0v) is 14.3. The molecule has 1 amide bonds. The molecule has 0 saturated heterocycles. The predicted octanol–water partition coefficient (Wildman–Crippen LogP) is 2.65. The highest BCUT2D eigenvalue weighted by Crippen LogP contribution is 2.28. The summed E-state index contributed by atoms with van der Waals surface area (Å²) in [7, 11) is 1.31. The summed E-state index contributed by atoms with van der Waals surface area (Å²) in [6, 6.07) is 5.09. The number of methoxy groups -OCH3 is 1. The Bertz CT molecular complexity index is 568. The number of ether oxygens (including phenoxy) is 2. The molecule has 0 aliphatic heterocycles. The van der Waals surface area contributed by atoms with Crippen LogP contribution in [0, 0.1) is 6.92 Å². The van der Waals surface area contributed by atoms with Gasteiger partial charge in [-0.05, 0) is 31.4 Å². The average Bonchev–Trinajstić information content (AvgIpc) is 2.55. The normalized spacial score (nSPS) is 11.7. The first kappa shape index (κ1) is 18.9. The van der Waals surface area contributed by atoms with Crippen molar-refractivity contribution in [2.75, 3.05) is 25.2 Å². The lowest BCUT2D eigenvalue weighted by molar-refractivity contribution is -0.143. The second kappa shape index (κ2) is 9.10. The van der Waals surface area contributed by atoms with Crippen molar-refractivity contribution in [2.24, 2.45) is 0 Å². The minimum atomic E-state index is -0.730. The van der Waals surface area contributed by atoms with E-state index in [2.05, 4.69) is 6.58 Å². The van der Waals surface area contributed by atoms with Gasteiger partial charge >= 0.3 is 5.97 Å². The van der Waals surface area contributed by atoms with Crippen LogP contribution in [-0.4, -0.2) is 38.2 Å². The fraction of sp³-hybridized carbons (Fsp3) is 0.444. The Morgan fingerprint density at radius 2 is 2.09 bits per heavy atom. The van der Waals surface area contributed by atoms with Crippen molar-refractivity contribution < 1.29 is 19.1 Å². The van der Waals surface area contributed by atoms with Gasteiger partial charge in [0.05, 0.1) is 19.4 Å². The SMILES string of the molecule is C=CCOCC(=O)N(c1c(C)cccc1CC)C(C)C(=O)OC. The van der Waals surface area contributed by atoms with Crippen LogP contribution in [0.15, 0.2) is 30.9 Å². The Balaban J connectivity index is 3.26. The van der Waals surface area contributed by atoms with Crippen LogP contribution >= 0.6 is 0 Å². The number of amides is 1. The molecule has 126 valence electrons. The Kier molecular flexibility index (Phi) is 7.48. The first-order chi connectivity index (χ1) is 11.0. The number of aryl methyl sites for hydroxylation is 2. The number of nitrogens with zero attached hydrogens (tertiary/aromatic N) is 1. The summed E-state index contributed by atoms with van der Waals surface area (Å²) in [6.07, 6.45) is 2.33. The first-order valence-corrected chi connectivity index (χ1v) is 7.64. The van der Waals surface area contributed by atoms with Gasteiger partial charge < -0.3 is 9.47 Å². The predicted molar refractivity (Wildman–Crippen MR) is 90.5 cm³/mol. The summed E-state index contributed by atoms with van der Waals surface area (Å²) in [5.74, 6) is -0.749. The van der Waals surface area contributed by atoms with Crippen LogP contribution in [0.5, 0.6) is 0 Å². The van der Waals surface area contributed by atoms with E-state index < -0.39 is 12.0 Å². The maximum absolute atomic E-state index is 12.7. The molecule has 5 nitrogen and oxygen atoms in total. The molecule has 1 aromatic carbocycles. The number of carbonyl (C=O) groups is 2. The topological polar surface area (TPSA) is 55.8 Å². The molecule has 0 aliphatic carbocycles. The summed E-state index contributed by atoms with van der Waals surface area (Å²) >= 11 is 0. The average molecular weight is 319 g/mol. The molecule has 1 rings (SSSR count). The second-order valence-corrected chi connectivity index (χ2v) is 5.20. The van der Waals surface area contributed by atoms with Crippen LogP contribution in [0.2, 0.25) is 0 Å². The van der Waals surface area contributed by atoms with E-state index in [0.717, 1.165) is 23.2 Å². The molecule has 1 unspecified atom stereocenters. The van der Waals surface area contributed by atoms with Crippen molar-refractivity contribution >= 4 is 17.6 Å². The van der Waals surface area contributed by atoms with Gasteiger partial charge in [-0.2, -0.15) is 0 Å². The van der Waals surface area contributed by atoms with Gasteiger partial charge in [-0.25, -0.2) is 4.79 Å². The summed E-state index contributed by atoms with van der Waals surface area (Å²) in [6.45, 7) is 9.30. The Hall–Kier alpha value is -2.14. The molecule has 0 N–H and O–H groups in total. The number of hydrogen-bond donors (Lipinski definition) is 0. The maximum Gasteiger partial charge on any atom is 0.328 e. The van der Waals surface area contributed by atoms with Gasteiger partial charge in [0.1, 0.15) is 12.6 Å². The molecule has 0 radical (unpaired) electrons. The summed E-state index contributed by atoms with van der Waals surface area (Å²) < 4.78 is 10.1. The molecule has 1 aromatic rings. The van der Waals surface area contributed by atoms with Gasteiger partial charge in [0.15, 0.2) is 0 Å². The smallest absolute Gasteiger partial charge is 0.328 e. The standard InChI is InChI=1S/C18H25NO4/c1-6-11-23-12-16(20)19(14(4)18(21)22-5)17-13(3)9-8-10-15(17)7-2/h6,8-10,14H,1,7,11-12H2,2-5H3. The van der Waals surface area contributed by atoms with E-state index in [0.29, 0.717) is 0 Å². The van der Waals surface area contributed by atoms with Crippen LogP contribution in [0.3, 0.4) is 0 Å². The molecule has 5 heteroatoms. The van der Waals surface area contributed by atoms with Gasteiger partial charge in [-0.1, -0.05) is 31.2 Å². The molecule has 0 aromatic heterocycles. The monoisotopic (exact) mass is 319 g/mol. The molecular formula is C18H25NO4. The third kappa shape index (κ3) is 4.66. The van der Waals surface area contributed by atoms with Gasteiger partial charge in [0.25, 0.3) is 5.91 Å². The van der Waals surface area contributed by atoms with Gasteiger partial charge in [0, 0.05) is 0 Å². The van der Waals surface area contributed by atoms with E-state index in [1.807, 2.05) is 32.0 Å². The summed E-state index contributed by atoms with van der Waals surface area (Å²) in [4.78, 5) is 26.1. The van der Waals surface area contributed by atoms with E-state index in [1.165, 1.54) is 12.0 Å². The fourth-order valence-corrected chi connectivity index (χ4v) is 2.46. The van der Waals surface area contributed by atoms with E-state index in [-0.39, 0.29) is 19.1 Å². The third-order valence-corrected chi connectivity index (χ3v) is 3.60. The van der Waals surface area contributed by atoms with Crippen LogP contribution in [0.25, 0.3) is 0 Å². The highest BCUT2D eigenvalue weighted by molar-refractivity contribution is 6.01. The fourth-order valence-electron chi connectivity index (χ4n) is 2.46. The third-order valence-electron chi connectivity index (χ3n) is 3.60. The van der Waals surface area contributed by atoms with Gasteiger partial charge in [0.2, 0.25) is 0 Å². The summed E-state index contributed by atoms with van der Waals surface area (Å²) in [5, 5.41) is 0. The summed E-state index contributed by atoms with van der Waals surface area (Å²) in [5.41, 5.74) is 2.68. The molecule has 0 heterocycles. The molecular weight excluding hydrogens is 294 g/mol. The zero-order valence-electron chi connectivity index (χ0n) is 14.3. The number of esters is 1. The molecule has 0 saturated carbocycles. The van der Waals surface area contributed by atoms with E-state index >= 15 is 0 Å². The molecule has 23 heavy (non-hydrogen) atoms. The maximum atomic E-state index is 12.7. The Labute approximate surface area is 137 Å². The van der Waals surface area contributed by atoms with Crippen molar-refractivity contribution in [1.29, 1.82) is 0 Å². The molecule has 0 aliphatic rings. The molecule has 0 fully saturated rings.